The monoisotopic (exact) mass is 505 g/mol. The molecule has 0 fully saturated rings. The van der Waals surface area contributed by atoms with E-state index in [-0.39, 0.29) is 11.3 Å². The molecule has 28 heavy (non-hydrogen) atoms. The predicted octanol–water partition coefficient (Wildman–Crippen LogP) is 5.23. The third-order valence-corrected chi connectivity index (χ3v) is 4.56. The third-order valence-electron chi connectivity index (χ3n) is 3.38. The smallest absolute Gasteiger partial charge is 0.269 e. The number of carbonyl (C=O) groups is 1. The van der Waals surface area contributed by atoms with Gasteiger partial charge >= 0.3 is 0 Å². The second-order valence-corrected chi connectivity index (χ2v) is 7.05. The molecule has 0 aliphatic rings. The van der Waals surface area contributed by atoms with Gasteiger partial charge in [-0.05, 0) is 67.8 Å². The van der Waals surface area contributed by atoms with Crippen LogP contribution >= 0.6 is 31.9 Å². The van der Waals surface area contributed by atoms with Gasteiger partial charge in [0.1, 0.15) is 24.0 Å². The van der Waals surface area contributed by atoms with Crippen molar-refractivity contribution in [3.05, 3.63) is 79.2 Å². The first-order chi connectivity index (χ1) is 13.3. The maximum absolute atomic E-state index is 12.4. The van der Waals surface area contributed by atoms with Gasteiger partial charge in [-0.3, -0.25) is 14.9 Å². The van der Waals surface area contributed by atoms with Crippen LogP contribution in [-0.2, 0) is 4.79 Å². The van der Waals surface area contributed by atoms with Crippen LogP contribution in [0.3, 0.4) is 0 Å². The van der Waals surface area contributed by atoms with Crippen LogP contribution in [0, 0.1) is 21.4 Å². The lowest BCUT2D eigenvalue weighted by molar-refractivity contribution is -0.384. The minimum atomic E-state index is -0.629. The van der Waals surface area contributed by atoms with Crippen molar-refractivity contribution in [1.29, 1.82) is 5.26 Å². The van der Waals surface area contributed by atoms with Gasteiger partial charge in [0.05, 0.1) is 13.9 Å². The molecule has 2 aromatic carbocycles. The number of hydrogen-bond donors (Lipinski definition) is 1. The topological polar surface area (TPSA) is 105 Å². The third kappa shape index (κ3) is 5.52. The largest absolute Gasteiger partial charge is 0.487 e. The SMILES string of the molecule is C=CCOc1c(Br)cc(C=C(C#N)C(=O)Nc2ccc([N+](=O)[O-])cc2)cc1Br. The van der Waals surface area contributed by atoms with Crippen LogP contribution in [0.15, 0.2) is 63.6 Å². The van der Waals surface area contributed by atoms with Crippen molar-refractivity contribution in [2.24, 2.45) is 0 Å². The van der Waals surface area contributed by atoms with Crippen molar-refractivity contribution in [3.63, 3.8) is 0 Å². The van der Waals surface area contributed by atoms with E-state index in [4.69, 9.17) is 4.74 Å². The van der Waals surface area contributed by atoms with Crippen LogP contribution in [-0.4, -0.2) is 17.4 Å². The predicted molar refractivity (Wildman–Crippen MR) is 113 cm³/mol. The summed E-state index contributed by atoms with van der Waals surface area (Å²) >= 11 is 6.78. The molecule has 7 nitrogen and oxygen atoms in total. The van der Waals surface area contributed by atoms with E-state index >= 15 is 0 Å². The zero-order valence-electron chi connectivity index (χ0n) is 14.3. The highest BCUT2D eigenvalue weighted by Crippen LogP contribution is 2.35. The Morgan fingerprint density at radius 2 is 1.89 bits per heavy atom. The zero-order chi connectivity index (χ0) is 20.7. The molecule has 0 heterocycles. The maximum Gasteiger partial charge on any atom is 0.269 e. The van der Waals surface area contributed by atoms with E-state index in [2.05, 4.69) is 43.8 Å². The molecule has 0 atom stereocenters. The Hall–Kier alpha value is -2.96. The van der Waals surface area contributed by atoms with E-state index < -0.39 is 10.8 Å². The molecule has 0 saturated carbocycles. The number of nitrogens with one attached hydrogen (secondary N) is 1. The summed E-state index contributed by atoms with van der Waals surface area (Å²) < 4.78 is 6.81. The summed E-state index contributed by atoms with van der Waals surface area (Å²) in [6, 6.07) is 10.6. The van der Waals surface area contributed by atoms with E-state index in [1.807, 2.05) is 6.07 Å². The lowest BCUT2D eigenvalue weighted by atomic mass is 10.1. The molecule has 0 spiro atoms. The Morgan fingerprint density at radius 1 is 1.29 bits per heavy atom. The molecule has 0 unspecified atom stereocenters. The van der Waals surface area contributed by atoms with E-state index in [1.54, 1.807) is 18.2 Å². The number of anilines is 1. The number of amides is 1. The van der Waals surface area contributed by atoms with Crippen molar-refractivity contribution < 1.29 is 14.5 Å². The quantitative estimate of drug-likeness (QED) is 0.182. The van der Waals surface area contributed by atoms with Crippen molar-refractivity contribution >= 4 is 55.2 Å². The van der Waals surface area contributed by atoms with E-state index in [0.717, 1.165) is 0 Å². The number of nitro groups is 1. The highest BCUT2D eigenvalue weighted by molar-refractivity contribution is 9.11. The average molecular weight is 507 g/mol. The molecule has 0 aliphatic heterocycles. The molecule has 1 N–H and O–H groups in total. The molecule has 0 saturated heterocycles. The van der Waals surface area contributed by atoms with Gasteiger partial charge in [-0.15, -0.1) is 0 Å². The van der Waals surface area contributed by atoms with Crippen LogP contribution in [0.2, 0.25) is 0 Å². The Kier molecular flexibility index (Phi) is 7.49. The van der Waals surface area contributed by atoms with Crippen molar-refractivity contribution in [2.75, 3.05) is 11.9 Å². The van der Waals surface area contributed by atoms with Gasteiger partial charge in [0.2, 0.25) is 0 Å². The van der Waals surface area contributed by atoms with Gasteiger partial charge in [0.15, 0.2) is 0 Å². The Morgan fingerprint density at radius 3 is 2.39 bits per heavy atom. The fourth-order valence-corrected chi connectivity index (χ4v) is 3.57. The Bertz CT molecular complexity index is 972. The summed E-state index contributed by atoms with van der Waals surface area (Å²) in [5, 5.41) is 22.5. The second-order valence-electron chi connectivity index (χ2n) is 5.34. The van der Waals surface area contributed by atoms with Gasteiger partial charge in [0, 0.05) is 17.8 Å². The minimum absolute atomic E-state index is 0.0949. The van der Waals surface area contributed by atoms with Gasteiger partial charge < -0.3 is 10.1 Å². The summed E-state index contributed by atoms with van der Waals surface area (Å²) in [5.41, 5.74) is 0.715. The standard InChI is InChI=1S/C19H13Br2N3O4/c1-2-7-28-18-16(20)9-12(10-17(18)21)8-13(11-22)19(25)23-14-3-5-15(6-4-14)24(26)27/h2-6,8-10H,1,7H2,(H,23,25). The van der Waals surface area contributed by atoms with Crippen molar-refractivity contribution in [3.8, 4) is 11.8 Å². The number of rotatable bonds is 7. The fraction of sp³-hybridized carbons (Fsp3) is 0.0526. The summed E-state index contributed by atoms with van der Waals surface area (Å²) in [7, 11) is 0. The van der Waals surface area contributed by atoms with Crippen molar-refractivity contribution in [1.82, 2.24) is 0 Å². The van der Waals surface area contributed by atoms with Crippen LogP contribution < -0.4 is 10.1 Å². The van der Waals surface area contributed by atoms with Crippen LogP contribution in [0.25, 0.3) is 6.08 Å². The average Bonchev–Trinajstić information content (AvgIpc) is 2.65. The molecule has 0 aliphatic carbocycles. The molecule has 0 aromatic heterocycles. The van der Waals surface area contributed by atoms with E-state index in [1.165, 1.54) is 30.3 Å². The highest BCUT2D eigenvalue weighted by Gasteiger charge is 2.13. The van der Waals surface area contributed by atoms with Gasteiger partial charge in [0.25, 0.3) is 11.6 Å². The molecular formula is C19H13Br2N3O4. The molecule has 142 valence electrons. The van der Waals surface area contributed by atoms with Gasteiger partial charge in [-0.25, -0.2) is 0 Å². The van der Waals surface area contributed by atoms with Crippen molar-refractivity contribution in [2.45, 2.75) is 0 Å². The number of carbonyl (C=O) groups excluding carboxylic acids is 1. The summed E-state index contributed by atoms with van der Waals surface area (Å²) in [5.74, 6) is -0.0542. The molecule has 9 heteroatoms. The minimum Gasteiger partial charge on any atom is -0.487 e. The number of benzene rings is 2. The molecular weight excluding hydrogens is 494 g/mol. The van der Waals surface area contributed by atoms with Crippen LogP contribution in [0.5, 0.6) is 5.75 Å². The molecule has 2 rings (SSSR count). The first-order valence-electron chi connectivity index (χ1n) is 7.76. The number of nitriles is 1. The van der Waals surface area contributed by atoms with E-state index in [9.17, 15) is 20.2 Å². The summed E-state index contributed by atoms with van der Waals surface area (Å²) in [4.78, 5) is 22.5. The number of non-ortho nitro benzene ring substituents is 1. The fourth-order valence-electron chi connectivity index (χ4n) is 2.12. The first kappa shape index (κ1) is 21.3. The maximum atomic E-state index is 12.4. The molecule has 1 amide bonds. The Balaban J connectivity index is 2.23. The molecule has 2 aromatic rings. The highest BCUT2D eigenvalue weighted by atomic mass is 79.9. The second kappa shape index (κ2) is 9.82. The normalized spacial score (nSPS) is 10.7. The van der Waals surface area contributed by atoms with Crippen LogP contribution in [0.4, 0.5) is 11.4 Å². The number of ether oxygens (including phenoxy) is 1. The molecule has 0 radical (unpaired) electrons. The van der Waals surface area contributed by atoms with Gasteiger partial charge in [-0.2, -0.15) is 5.26 Å². The first-order valence-corrected chi connectivity index (χ1v) is 9.34. The zero-order valence-corrected chi connectivity index (χ0v) is 17.5. The van der Waals surface area contributed by atoms with Gasteiger partial charge in [-0.1, -0.05) is 12.7 Å². The number of hydrogen-bond acceptors (Lipinski definition) is 5. The van der Waals surface area contributed by atoms with E-state index in [0.29, 0.717) is 32.6 Å². The summed E-state index contributed by atoms with van der Waals surface area (Å²) in [6.07, 6.45) is 3.04. The lowest BCUT2D eigenvalue weighted by Gasteiger charge is -2.10. The Labute approximate surface area is 177 Å². The lowest BCUT2D eigenvalue weighted by Crippen LogP contribution is -2.13. The number of halogens is 2. The number of nitrogens with zero attached hydrogens (tertiary/aromatic N) is 2. The number of nitro benzene ring substituents is 1. The summed E-state index contributed by atoms with van der Waals surface area (Å²) in [6.45, 7) is 3.92. The van der Waals surface area contributed by atoms with Crippen LogP contribution in [0.1, 0.15) is 5.56 Å². The molecule has 0 bridgehead atoms.